The Morgan fingerprint density at radius 3 is 2.79 bits per heavy atom. The van der Waals surface area contributed by atoms with Crippen molar-refractivity contribution < 1.29 is 14.6 Å². The van der Waals surface area contributed by atoms with Crippen LogP contribution in [0.15, 0.2) is 24.3 Å². The molecule has 1 aliphatic heterocycles. The van der Waals surface area contributed by atoms with E-state index in [0.29, 0.717) is 17.9 Å². The smallest absolute Gasteiger partial charge is 0.242 e. The van der Waals surface area contributed by atoms with Crippen molar-refractivity contribution in [3.05, 3.63) is 24.3 Å². The summed E-state index contributed by atoms with van der Waals surface area (Å²) in [6.45, 7) is 2.21. The minimum Gasteiger partial charge on any atom is -0.483 e. The molecule has 3 nitrogen and oxygen atoms in total. The zero-order chi connectivity index (χ0) is 10.0. The largest absolute Gasteiger partial charge is 0.483 e. The van der Waals surface area contributed by atoms with E-state index in [0.717, 1.165) is 6.42 Å². The fraction of sp³-hybridized carbons (Fsp3) is 0.455. The first-order valence-corrected chi connectivity index (χ1v) is 4.87. The van der Waals surface area contributed by atoms with Crippen LogP contribution in [0.1, 0.15) is 19.8 Å². The summed E-state index contributed by atoms with van der Waals surface area (Å²) in [5.74, 6) is 0.173. The van der Waals surface area contributed by atoms with E-state index in [1.165, 1.54) is 0 Å². The lowest BCUT2D eigenvalue weighted by atomic mass is 10.1. The highest BCUT2D eigenvalue weighted by Gasteiger charge is 2.34. The van der Waals surface area contributed by atoms with Crippen molar-refractivity contribution in [2.45, 2.75) is 25.6 Å². The Bertz CT molecular complexity index is 324. The van der Waals surface area contributed by atoms with Crippen molar-refractivity contribution in [2.75, 3.05) is 6.61 Å². The quantitative estimate of drug-likeness (QED) is 0.782. The molecule has 0 aromatic heterocycles. The second-order valence-corrected chi connectivity index (χ2v) is 3.53. The molecule has 1 aromatic carbocycles. The Kier molecular flexibility index (Phi) is 2.33. The second kappa shape index (κ2) is 3.50. The SMILES string of the molecule is CCCC1(O)COc2ccccc2O1. The van der Waals surface area contributed by atoms with Crippen LogP contribution in [-0.2, 0) is 0 Å². The first kappa shape index (κ1) is 9.34. The third kappa shape index (κ3) is 1.68. The van der Waals surface area contributed by atoms with Gasteiger partial charge in [0.15, 0.2) is 18.1 Å². The molecule has 1 heterocycles. The molecular weight excluding hydrogens is 180 g/mol. The van der Waals surface area contributed by atoms with Gasteiger partial charge in [-0.15, -0.1) is 0 Å². The van der Waals surface area contributed by atoms with E-state index in [1.54, 1.807) is 6.07 Å². The van der Waals surface area contributed by atoms with Gasteiger partial charge < -0.3 is 14.6 Å². The summed E-state index contributed by atoms with van der Waals surface area (Å²) in [6, 6.07) is 7.38. The fourth-order valence-corrected chi connectivity index (χ4v) is 1.59. The van der Waals surface area contributed by atoms with Crippen LogP contribution in [0.3, 0.4) is 0 Å². The summed E-state index contributed by atoms with van der Waals surface area (Å²) in [7, 11) is 0. The molecule has 1 atom stereocenters. The highest BCUT2D eigenvalue weighted by molar-refractivity contribution is 5.40. The lowest BCUT2D eigenvalue weighted by Crippen LogP contribution is -2.44. The molecule has 0 radical (unpaired) electrons. The van der Waals surface area contributed by atoms with Crippen molar-refractivity contribution in [3.8, 4) is 11.5 Å². The van der Waals surface area contributed by atoms with Gasteiger partial charge in [-0.3, -0.25) is 0 Å². The second-order valence-electron chi connectivity index (χ2n) is 3.53. The Morgan fingerprint density at radius 2 is 2.07 bits per heavy atom. The summed E-state index contributed by atoms with van der Waals surface area (Å²) in [5, 5.41) is 9.97. The third-order valence-corrected chi connectivity index (χ3v) is 2.24. The molecule has 1 aliphatic rings. The zero-order valence-electron chi connectivity index (χ0n) is 8.19. The van der Waals surface area contributed by atoms with Crippen LogP contribution in [0.25, 0.3) is 0 Å². The highest BCUT2D eigenvalue weighted by Crippen LogP contribution is 2.35. The molecule has 0 bridgehead atoms. The van der Waals surface area contributed by atoms with Crippen molar-refractivity contribution in [1.29, 1.82) is 0 Å². The van der Waals surface area contributed by atoms with Gasteiger partial charge in [0, 0.05) is 6.42 Å². The maximum absolute atomic E-state index is 9.97. The lowest BCUT2D eigenvalue weighted by Gasteiger charge is -2.33. The molecule has 1 N–H and O–H groups in total. The third-order valence-electron chi connectivity index (χ3n) is 2.24. The molecule has 76 valence electrons. The Balaban J connectivity index is 2.20. The molecule has 0 saturated heterocycles. The van der Waals surface area contributed by atoms with Gasteiger partial charge in [-0.1, -0.05) is 19.1 Å². The number of para-hydroxylation sites is 2. The molecule has 0 fully saturated rings. The highest BCUT2D eigenvalue weighted by atomic mass is 16.7. The first-order valence-electron chi connectivity index (χ1n) is 4.87. The molecule has 2 rings (SSSR count). The predicted molar refractivity (Wildman–Crippen MR) is 52.4 cm³/mol. The molecule has 14 heavy (non-hydrogen) atoms. The summed E-state index contributed by atoms with van der Waals surface area (Å²) < 4.78 is 10.9. The number of hydrogen-bond acceptors (Lipinski definition) is 3. The average molecular weight is 194 g/mol. The van der Waals surface area contributed by atoms with Gasteiger partial charge in [0.05, 0.1) is 0 Å². The topological polar surface area (TPSA) is 38.7 Å². The number of aliphatic hydroxyl groups is 1. The van der Waals surface area contributed by atoms with E-state index in [1.807, 2.05) is 25.1 Å². The standard InChI is InChI=1S/C11H14O3/c1-2-7-11(12)8-13-9-5-3-4-6-10(9)14-11/h3-6,12H,2,7-8H2,1H3. The van der Waals surface area contributed by atoms with Crippen molar-refractivity contribution >= 4 is 0 Å². The zero-order valence-corrected chi connectivity index (χ0v) is 8.19. The van der Waals surface area contributed by atoms with Crippen LogP contribution in [-0.4, -0.2) is 17.5 Å². The lowest BCUT2D eigenvalue weighted by molar-refractivity contribution is -0.178. The molecule has 0 saturated carbocycles. The number of ether oxygens (including phenoxy) is 2. The Labute approximate surface area is 83.3 Å². The van der Waals surface area contributed by atoms with E-state index in [9.17, 15) is 5.11 Å². The maximum Gasteiger partial charge on any atom is 0.242 e. The molecule has 1 unspecified atom stereocenters. The van der Waals surface area contributed by atoms with Crippen LogP contribution in [0, 0.1) is 0 Å². The van der Waals surface area contributed by atoms with Crippen molar-refractivity contribution in [1.82, 2.24) is 0 Å². The minimum absolute atomic E-state index is 0.206. The summed E-state index contributed by atoms with van der Waals surface area (Å²) >= 11 is 0. The van der Waals surface area contributed by atoms with Crippen LogP contribution < -0.4 is 9.47 Å². The van der Waals surface area contributed by atoms with E-state index < -0.39 is 5.79 Å². The Morgan fingerprint density at radius 1 is 1.36 bits per heavy atom. The van der Waals surface area contributed by atoms with Gasteiger partial charge in [0.25, 0.3) is 0 Å². The van der Waals surface area contributed by atoms with Gasteiger partial charge in [-0.25, -0.2) is 0 Å². The van der Waals surface area contributed by atoms with Gasteiger partial charge in [0.2, 0.25) is 5.79 Å². The monoisotopic (exact) mass is 194 g/mol. The summed E-state index contributed by atoms with van der Waals surface area (Å²) in [5.41, 5.74) is 0. The van der Waals surface area contributed by atoms with E-state index in [4.69, 9.17) is 9.47 Å². The maximum atomic E-state index is 9.97. The van der Waals surface area contributed by atoms with Gasteiger partial charge >= 0.3 is 0 Å². The number of fused-ring (bicyclic) bond motifs is 1. The number of hydrogen-bond donors (Lipinski definition) is 1. The van der Waals surface area contributed by atoms with Crippen LogP contribution >= 0.6 is 0 Å². The molecule has 0 spiro atoms. The number of benzene rings is 1. The number of rotatable bonds is 2. The fourth-order valence-electron chi connectivity index (χ4n) is 1.59. The van der Waals surface area contributed by atoms with Gasteiger partial charge in [-0.05, 0) is 18.6 Å². The summed E-state index contributed by atoms with van der Waals surface area (Å²) in [4.78, 5) is 0. The molecular formula is C11H14O3. The average Bonchev–Trinajstić information content (AvgIpc) is 2.17. The van der Waals surface area contributed by atoms with E-state index in [2.05, 4.69) is 0 Å². The van der Waals surface area contributed by atoms with E-state index >= 15 is 0 Å². The molecule has 0 amide bonds. The molecule has 1 aromatic rings. The normalized spacial score (nSPS) is 24.7. The van der Waals surface area contributed by atoms with Crippen LogP contribution in [0.5, 0.6) is 11.5 Å². The van der Waals surface area contributed by atoms with Gasteiger partial charge in [0.1, 0.15) is 0 Å². The van der Waals surface area contributed by atoms with Gasteiger partial charge in [-0.2, -0.15) is 0 Å². The van der Waals surface area contributed by atoms with Crippen molar-refractivity contribution in [3.63, 3.8) is 0 Å². The minimum atomic E-state index is -1.15. The molecule has 3 heteroatoms. The first-order chi connectivity index (χ1) is 6.73. The van der Waals surface area contributed by atoms with Crippen LogP contribution in [0.4, 0.5) is 0 Å². The predicted octanol–water partition coefficient (Wildman–Crippen LogP) is 1.95. The summed E-state index contributed by atoms with van der Waals surface area (Å²) in [6.07, 6.45) is 1.45. The van der Waals surface area contributed by atoms with Crippen molar-refractivity contribution in [2.24, 2.45) is 0 Å². The van der Waals surface area contributed by atoms with Crippen LogP contribution in [0.2, 0.25) is 0 Å². The Hall–Kier alpha value is -1.22. The molecule has 0 aliphatic carbocycles. The van der Waals surface area contributed by atoms with E-state index in [-0.39, 0.29) is 6.61 Å².